The monoisotopic (exact) mass is 480 g/mol. The number of methoxy groups -OCH3 is 4. The lowest BCUT2D eigenvalue weighted by Crippen LogP contribution is -2.40. The van der Waals surface area contributed by atoms with Gasteiger partial charge in [-0.05, 0) is 43.5 Å². The second kappa shape index (κ2) is 12.5. The fourth-order valence-corrected chi connectivity index (χ4v) is 3.90. The Bertz CT molecular complexity index is 914. The normalized spacial score (nSPS) is 13.8. The Labute approximate surface area is 201 Å². The van der Waals surface area contributed by atoms with E-state index in [0.29, 0.717) is 53.9 Å². The maximum Gasteiger partial charge on any atom is 0.257 e. The van der Waals surface area contributed by atoms with Crippen LogP contribution in [0.4, 0.5) is 0 Å². The third-order valence-corrected chi connectivity index (χ3v) is 5.65. The van der Waals surface area contributed by atoms with Gasteiger partial charge in [0.2, 0.25) is 11.5 Å². The van der Waals surface area contributed by atoms with Crippen molar-refractivity contribution in [3.8, 4) is 28.7 Å². The van der Waals surface area contributed by atoms with Gasteiger partial charge in [-0.3, -0.25) is 4.79 Å². The maximum absolute atomic E-state index is 13.4. The summed E-state index contributed by atoms with van der Waals surface area (Å²) in [5.41, 5.74) is 7.10. The maximum atomic E-state index is 13.4. The number of ether oxygens (including phenoxy) is 5. The molecule has 1 heterocycles. The summed E-state index contributed by atoms with van der Waals surface area (Å²) >= 11 is 0. The molecule has 2 aromatic rings. The van der Waals surface area contributed by atoms with E-state index in [4.69, 9.17) is 29.4 Å². The molecule has 8 nitrogen and oxygen atoms in total. The Balaban J connectivity index is 0.00000385. The van der Waals surface area contributed by atoms with Gasteiger partial charge in [0.05, 0.1) is 33.0 Å². The summed E-state index contributed by atoms with van der Waals surface area (Å²) in [6, 6.07) is 9.29. The molecule has 0 spiro atoms. The van der Waals surface area contributed by atoms with Crippen molar-refractivity contribution >= 4 is 18.3 Å². The summed E-state index contributed by atoms with van der Waals surface area (Å²) in [5, 5.41) is 0. The van der Waals surface area contributed by atoms with Gasteiger partial charge in [-0.15, -0.1) is 12.4 Å². The van der Waals surface area contributed by atoms with Gasteiger partial charge >= 0.3 is 0 Å². The van der Waals surface area contributed by atoms with Crippen molar-refractivity contribution in [1.29, 1.82) is 0 Å². The van der Waals surface area contributed by atoms with Crippen LogP contribution in [0.15, 0.2) is 30.3 Å². The summed E-state index contributed by atoms with van der Waals surface area (Å²) in [6.45, 7) is 1.79. The molecule has 0 aromatic heterocycles. The Hall–Kier alpha value is -2.68. The van der Waals surface area contributed by atoms with Crippen LogP contribution >= 0.6 is 12.4 Å². The van der Waals surface area contributed by atoms with Gasteiger partial charge in [-0.2, -0.15) is 0 Å². The van der Waals surface area contributed by atoms with E-state index in [-0.39, 0.29) is 24.4 Å². The van der Waals surface area contributed by atoms with Gasteiger partial charge in [0.25, 0.3) is 5.91 Å². The quantitative estimate of drug-likeness (QED) is 0.585. The van der Waals surface area contributed by atoms with Crippen molar-refractivity contribution in [2.24, 2.45) is 5.73 Å². The number of benzene rings is 2. The van der Waals surface area contributed by atoms with Crippen LogP contribution in [0.5, 0.6) is 28.7 Å². The summed E-state index contributed by atoms with van der Waals surface area (Å²) in [5.74, 6) is 1.80. The highest BCUT2D eigenvalue weighted by Gasteiger charge is 2.30. The van der Waals surface area contributed by atoms with E-state index >= 15 is 0 Å². The lowest BCUT2D eigenvalue weighted by Gasteiger charge is -2.32. The fraction of sp³-hybridized carbons (Fsp3) is 0.458. The first kappa shape index (κ1) is 26.6. The molecule has 0 atom stereocenters. The SMILES string of the molecule is COc1c(Oc2ccc(CCN)cc2)cc(C(=O)N2CCC(OC)CC2)c(OC)c1OC.Cl. The van der Waals surface area contributed by atoms with Gasteiger partial charge in [-0.1, -0.05) is 12.1 Å². The highest BCUT2D eigenvalue weighted by Crippen LogP contribution is 2.48. The highest BCUT2D eigenvalue weighted by atomic mass is 35.5. The third-order valence-electron chi connectivity index (χ3n) is 5.65. The number of piperidine rings is 1. The largest absolute Gasteiger partial charge is 0.492 e. The summed E-state index contributed by atoms with van der Waals surface area (Å²) in [4.78, 5) is 15.2. The van der Waals surface area contributed by atoms with Crippen LogP contribution in [-0.4, -0.2) is 65.0 Å². The molecule has 2 N–H and O–H groups in total. The van der Waals surface area contributed by atoms with Crippen LogP contribution in [0.2, 0.25) is 0 Å². The molecule has 9 heteroatoms. The van der Waals surface area contributed by atoms with E-state index in [1.807, 2.05) is 24.3 Å². The topological polar surface area (TPSA) is 92.5 Å². The van der Waals surface area contributed by atoms with Crippen LogP contribution < -0.4 is 24.7 Å². The van der Waals surface area contributed by atoms with Crippen molar-refractivity contribution in [2.75, 3.05) is 48.1 Å². The average molecular weight is 481 g/mol. The Kier molecular flexibility index (Phi) is 10.1. The molecule has 0 unspecified atom stereocenters. The Morgan fingerprint density at radius 1 is 0.970 bits per heavy atom. The lowest BCUT2D eigenvalue weighted by atomic mass is 10.0. The van der Waals surface area contributed by atoms with E-state index < -0.39 is 0 Å². The van der Waals surface area contributed by atoms with Gasteiger partial charge in [0.15, 0.2) is 11.5 Å². The van der Waals surface area contributed by atoms with E-state index in [9.17, 15) is 4.79 Å². The number of likely N-dealkylation sites (tertiary alicyclic amines) is 1. The molecule has 1 aliphatic heterocycles. The minimum absolute atomic E-state index is 0. The van der Waals surface area contributed by atoms with Crippen molar-refractivity contribution in [1.82, 2.24) is 4.90 Å². The molecule has 1 fully saturated rings. The van der Waals surface area contributed by atoms with Gasteiger partial charge in [0.1, 0.15) is 5.75 Å². The number of carbonyl (C=O) groups is 1. The number of rotatable bonds is 9. The van der Waals surface area contributed by atoms with E-state index in [1.54, 1.807) is 18.1 Å². The fourth-order valence-electron chi connectivity index (χ4n) is 3.90. The Morgan fingerprint density at radius 3 is 2.09 bits per heavy atom. The number of hydrogen-bond acceptors (Lipinski definition) is 7. The summed E-state index contributed by atoms with van der Waals surface area (Å²) in [6.07, 6.45) is 2.54. The van der Waals surface area contributed by atoms with Crippen LogP contribution in [0, 0.1) is 0 Å². The first-order valence-corrected chi connectivity index (χ1v) is 10.7. The molecule has 3 rings (SSSR count). The second-order valence-corrected chi connectivity index (χ2v) is 7.53. The number of amides is 1. The third kappa shape index (κ3) is 6.01. The molecule has 0 radical (unpaired) electrons. The van der Waals surface area contributed by atoms with Gasteiger partial charge in [0, 0.05) is 26.3 Å². The predicted octanol–water partition coefficient (Wildman–Crippen LogP) is 3.68. The molecular formula is C24H33ClN2O6. The smallest absolute Gasteiger partial charge is 0.257 e. The van der Waals surface area contributed by atoms with Crippen molar-refractivity contribution in [3.63, 3.8) is 0 Å². The molecule has 1 amide bonds. The molecule has 0 saturated carbocycles. The van der Waals surface area contributed by atoms with E-state index in [1.165, 1.54) is 21.3 Å². The van der Waals surface area contributed by atoms with Crippen LogP contribution in [-0.2, 0) is 11.2 Å². The van der Waals surface area contributed by atoms with Crippen LogP contribution in [0.1, 0.15) is 28.8 Å². The summed E-state index contributed by atoms with van der Waals surface area (Å²) < 4.78 is 28.2. The number of halogens is 1. The minimum atomic E-state index is -0.152. The first-order chi connectivity index (χ1) is 15.6. The van der Waals surface area contributed by atoms with E-state index in [0.717, 1.165) is 24.8 Å². The molecule has 33 heavy (non-hydrogen) atoms. The van der Waals surface area contributed by atoms with Crippen molar-refractivity contribution < 1.29 is 28.5 Å². The van der Waals surface area contributed by atoms with Gasteiger partial charge in [-0.25, -0.2) is 0 Å². The molecule has 0 bridgehead atoms. The van der Waals surface area contributed by atoms with Crippen molar-refractivity contribution in [2.45, 2.75) is 25.4 Å². The van der Waals surface area contributed by atoms with Gasteiger partial charge < -0.3 is 34.3 Å². The number of nitrogens with zero attached hydrogens (tertiary/aromatic N) is 1. The van der Waals surface area contributed by atoms with Crippen molar-refractivity contribution in [3.05, 3.63) is 41.5 Å². The second-order valence-electron chi connectivity index (χ2n) is 7.53. The standard InChI is InChI=1S/C24H32N2O6.ClH/c1-28-17-10-13-26(14-11-17)24(27)19-15-20(22(30-3)23(31-4)21(19)29-2)32-18-7-5-16(6-8-18)9-12-25;/h5-8,15,17H,9-14,25H2,1-4H3;1H. The molecule has 1 saturated heterocycles. The lowest BCUT2D eigenvalue weighted by molar-refractivity contribution is 0.0348. The number of hydrogen-bond donors (Lipinski definition) is 1. The van der Waals surface area contributed by atoms with Crippen LogP contribution in [0.3, 0.4) is 0 Å². The zero-order valence-electron chi connectivity index (χ0n) is 19.6. The molecular weight excluding hydrogens is 448 g/mol. The first-order valence-electron chi connectivity index (χ1n) is 10.7. The summed E-state index contributed by atoms with van der Waals surface area (Å²) in [7, 11) is 6.23. The average Bonchev–Trinajstić information content (AvgIpc) is 2.84. The molecule has 2 aromatic carbocycles. The highest BCUT2D eigenvalue weighted by molar-refractivity contribution is 5.99. The number of nitrogens with two attached hydrogens (primary N) is 1. The molecule has 182 valence electrons. The minimum Gasteiger partial charge on any atom is -0.492 e. The zero-order valence-corrected chi connectivity index (χ0v) is 20.4. The zero-order chi connectivity index (χ0) is 23.1. The van der Waals surface area contributed by atoms with E-state index in [2.05, 4.69) is 0 Å². The molecule has 0 aliphatic carbocycles. The molecule has 1 aliphatic rings. The van der Waals surface area contributed by atoms with Crippen LogP contribution in [0.25, 0.3) is 0 Å². The number of carbonyl (C=O) groups excluding carboxylic acids is 1. The Morgan fingerprint density at radius 2 is 1.58 bits per heavy atom. The predicted molar refractivity (Wildman–Crippen MR) is 129 cm³/mol.